The van der Waals surface area contributed by atoms with E-state index >= 15 is 0 Å². The zero-order valence-corrected chi connectivity index (χ0v) is 9.88. The van der Waals surface area contributed by atoms with E-state index < -0.39 is 0 Å². The normalized spacial score (nSPS) is 0.364. The van der Waals surface area contributed by atoms with Crippen molar-refractivity contribution in [3.8, 4) is 0 Å². The van der Waals surface area contributed by atoms with Crippen molar-refractivity contribution in [2.75, 3.05) is 0 Å². The first-order chi connectivity index (χ1) is 1.00. The Balaban J connectivity index is -0.000000000139. The van der Waals surface area contributed by atoms with Crippen LogP contribution in [-0.4, -0.2) is 49.3 Å². The van der Waals surface area contributed by atoms with Crippen LogP contribution in [0.15, 0.2) is 0 Å². The molecule has 0 radical (unpaired) electrons. The second-order valence-electron chi connectivity index (χ2n) is 0. The maximum atomic E-state index is 3.07. The van der Waals surface area contributed by atoms with E-state index in [2.05, 4.69) is 10.8 Å². The fourth-order valence-electron chi connectivity index (χ4n) is 0. The Labute approximate surface area is 88.0 Å². The number of hydrogen-bond donors (Lipinski definition) is 0. The summed E-state index contributed by atoms with van der Waals surface area (Å²) < 4.78 is 0. The van der Waals surface area contributed by atoms with Crippen LogP contribution in [-0.2, 0) is 28.3 Å². The van der Waals surface area contributed by atoms with E-state index in [1.165, 1.54) is 0 Å². The Bertz CT molecular complexity index is 9.52. The standard InChI is InChI=1S/BrH.9H2O.Y/h1H;9*1H2;/q;;;;;;;;;;+1/p-1. The van der Waals surface area contributed by atoms with E-state index in [1.54, 1.807) is 0 Å². The molecule has 0 amide bonds. The van der Waals surface area contributed by atoms with Crippen molar-refractivity contribution in [2.45, 2.75) is 0 Å². The van der Waals surface area contributed by atoms with Crippen LogP contribution in [0.25, 0.3) is 0 Å². The van der Waals surface area contributed by atoms with Gasteiger partial charge in [0, 0.05) is 0 Å². The van der Waals surface area contributed by atoms with Crippen molar-refractivity contribution in [3.63, 3.8) is 0 Å². The molecule has 0 aliphatic carbocycles. The molecule has 0 fully saturated rings. The Morgan fingerprint density at radius 2 is 0.364 bits per heavy atom. The molecule has 0 heterocycles. The number of rotatable bonds is 0. The topological polar surface area (TPSA) is 284 Å². The van der Waals surface area contributed by atoms with E-state index in [-0.39, 0.29) is 49.3 Å². The third-order valence-electron chi connectivity index (χ3n) is 0. The second-order valence-corrected chi connectivity index (χ2v) is 0. The maximum absolute atomic E-state index is 3.07. The molecule has 11 heavy (non-hydrogen) atoms. The van der Waals surface area contributed by atoms with Gasteiger partial charge < -0.3 is 49.3 Å². The molecule has 0 saturated carbocycles. The molecule has 0 spiro atoms. The minimum absolute atomic E-state index is 0. The van der Waals surface area contributed by atoms with Gasteiger partial charge in [-0.1, -0.05) is 0 Å². The Morgan fingerprint density at radius 1 is 0.364 bits per heavy atom. The average Bonchev–Trinajstić information content (AvgIpc) is 1.00. The van der Waals surface area contributed by atoms with Gasteiger partial charge in [-0.15, -0.1) is 0 Å². The third kappa shape index (κ3) is 638. The van der Waals surface area contributed by atoms with Gasteiger partial charge in [0.1, 0.15) is 0 Å². The van der Waals surface area contributed by atoms with Crippen LogP contribution in [0, 0.1) is 0 Å². The Hall–Kier alpha value is 1.22. The van der Waals surface area contributed by atoms with Crippen molar-refractivity contribution in [3.05, 3.63) is 0 Å². The van der Waals surface area contributed by atoms with Crippen LogP contribution < -0.4 is 0 Å². The first-order valence-electron chi connectivity index (χ1n) is 0.218. The monoisotopic (exact) mass is 330 g/mol. The molecule has 11 heteroatoms. The predicted molar refractivity (Wildman–Crippen MR) is 41.5 cm³/mol. The number of halogens is 1. The SMILES string of the molecule is O.O.O.O.O.O.O.O.O.[Br][Y]. The summed E-state index contributed by atoms with van der Waals surface area (Å²) >= 11 is 1.16. The van der Waals surface area contributed by atoms with E-state index in [1.807, 2.05) is 0 Å². The van der Waals surface area contributed by atoms with Gasteiger partial charge in [0.05, 0.1) is 0 Å². The molecule has 82 valence electrons. The molecule has 0 unspecified atom stereocenters. The summed E-state index contributed by atoms with van der Waals surface area (Å²) in [6.45, 7) is 0. The van der Waals surface area contributed by atoms with Crippen molar-refractivity contribution in [1.82, 2.24) is 0 Å². The van der Waals surface area contributed by atoms with Crippen LogP contribution in [0.4, 0.5) is 0 Å². The average molecular weight is 331 g/mol. The molecule has 0 aliphatic rings. The van der Waals surface area contributed by atoms with Gasteiger partial charge >= 0.3 is 39.1 Å². The van der Waals surface area contributed by atoms with E-state index in [4.69, 9.17) is 0 Å². The Kier molecular flexibility index (Phi) is 22200. The van der Waals surface area contributed by atoms with Gasteiger partial charge in [0.2, 0.25) is 0 Å². The molecule has 0 aromatic heterocycles. The van der Waals surface area contributed by atoms with Crippen LogP contribution in [0.3, 0.4) is 0 Å². The van der Waals surface area contributed by atoms with Crippen molar-refractivity contribution in [1.29, 1.82) is 0 Å². The van der Waals surface area contributed by atoms with Crippen molar-refractivity contribution < 1.29 is 77.6 Å². The summed E-state index contributed by atoms with van der Waals surface area (Å²) in [5.41, 5.74) is 0. The van der Waals surface area contributed by atoms with Crippen LogP contribution in [0.2, 0.25) is 0 Å². The molecule has 0 rings (SSSR count). The van der Waals surface area contributed by atoms with Crippen LogP contribution in [0.1, 0.15) is 0 Å². The molecular formula is H18BrO9Y. The molecule has 0 bridgehead atoms. The van der Waals surface area contributed by atoms with E-state index in [0.29, 0.717) is 0 Å². The Morgan fingerprint density at radius 3 is 0.364 bits per heavy atom. The fraction of sp³-hybridized carbons (Fsp3) is 0. The quantitative estimate of drug-likeness (QED) is 0.400. The minimum atomic E-state index is 0. The van der Waals surface area contributed by atoms with Gasteiger partial charge in [0.25, 0.3) is 0 Å². The summed E-state index contributed by atoms with van der Waals surface area (Å²) in [4.78, 5) is 0. The summed E-state index contributed by atoms with van der Waals surface area (Å²) in [7, 11) is 3.07. The van der Waals surface area contributed by atoms with Crippen LogP contribution >= 0.6 is 10.8 Å². The molecule has 0 aromatic carbocycles. The zero-order valence-electron chi connectivity index (χ0n) is 5.46. The summed E-state index contributed by atoms with van der Waals surface area (Å²) in [5, 5.41) is 0. The molecule has 0 aliphatic heterocycles. The summed E-state index contributed by atoms with van der Waals surface area (Å²) in [5.74, 6) is 0. The molecule has 0 aromatic rings. The van der Waals surface area contributed by atoms with Gasteiger partial charge in [-0.25, -0.2) is 0 Å². The van der Waals surface area contributed by atoms with Crippen LogP contribution in [0.5, 0.6) is 0 Å². The summed E-state index contributed by atoms with van der Waals surface area (Å²) in [6, 6.07) is 0. The molecule has 9 nitrogen and oxygen atoms in total. The summed E-state index contributed by atoms with van der Waals surface area (Å²) in [6.07, 6.45) is 0. The van der Waals surface area contributed by atoms with Gasteiger partial charge in [-0.2, -0.15) is 0 Å². The zero-order chi connectivity index (χ0) is 2.00. The first-order valence-corrected chi connectivity index (χ1v) is 6.71. The first kappa shape index (κ1) is 311. The predicted octanol–water partition coefficient (Wildman–Crippen LogP) is -6.58. The van der Waals surface area contributed by atoms with Gasteiger partial charge in [-0.3, -0.25) is 0 Å². The molecule has 0 saturated heterocycles. The third-order valence-corrected chi connectivity index (χ3v) is 0. The number of hydrogen-bond acceptors (Lipinski definition) is 0. The van der Waals surface area contributed by atoms with Gasteiger partial charge in [-0.05, 0) is 0 Å². The van der Waals surface area contributed by atoms with E-state index in [9.17, 15) is 0 Å². The van der Waals surface area contributed by atoms with Gasteiger partial charge in [0.15, 0.2) is 0 Å². The molecule has 0 atom stereocenters. The fourth-order valence-corrected chi connectivity index (χ4v) is 0. The van der Waals surface area contributed by atoms with E-state index in [0.717, 1.165) is 28.3 Å². The second kappa shape index (κ2) is 783. The van der Waals surface area contributed by atoms with Crippen molar-refractivity contribution >= 4 is 10.8 Å². The molecular weight excluding hydrogens is 313 g/mol. The molecule has 18 N–H and O–H groups in total. The van der Waals surface area contributed by atoms with Crippen molar-refractivity contribution in [2.24, 2.45) is 0 Å².